The maximum atomic E-state index is 4.52. The maximum absolute atomic E-state index is 4.52. The van der Waals surface area contributed by atoms with Crippen molar-refractivity contribution < 1.29 is 0 Å². The molecule has 0 bridgehead atoms. The first-order valence-corrected chi connectivity index (χ1v) is 7.84. The number of hydrogen-bond acceptors (Lipinski definition) is 5. The fourth-order valence-electron chi connectivity index (χ4n) is 1.96. The number of rotatable bonds is 7. The quantitative estimate of drug-likeness (QED) is 0.796. The van der Waals surface area contributed by atoms with Gasteiger partial charge in [0.1, 0.15) is 5.82 Å². The van der Waals surface area contributed by atoms with Crippen molar-refractivity contribution in [3.8, 4) is 0 Å². The Hall–Kier alpha value is -1.46. The van der Waals surface area contributed by atoms with Gasteiger partial charge in [0, 0.05) is 25.2 Å². The van der Waals surface area contributed by atoms with Gasteiger partial charge < -0.3 is 10.2 Å². The van der Waals surface area contributed by atoms with Crippen molar-refractivity contribution in [3.63, 3.8) is 0 Å². The molecule has 0 unspecified atom stereocenters. The number of hydrogen-bond donors (Lipinski definition) is 1. The first kappa shape index (κ1) is 14.9. The third-order valence-electron chi connectivity index (χ3n) is 3.02. The van der Waals surface area contributed by atoms with Crippen molar-refractivity contribution in [2.24, 2.45) is 0 Å². The van der Waals surface area contributed by atoms with Crippen LogP contribution in [0.5, 0.6) is 0 Å². The van der Waals surface area contributed by atoms with Crippen LogP contribution >= 0.6 is 11.3 Å². The monoisotopic (exact) mass is 290 g/mol. The molecule has 0 aliphatic rings. The largest absolute Gasteiger partial charge is 0.354 e. The molecule has 0 aromatic carbocycles. The molecule has 0 fully saturated rings. The number of nitrogens with zero attached hydrogens (tertiary/aromatic N) is 3. The molecule has 0 spiro atoms. The lowest BCUT2D eigenvalue weighted by molar-refractivity contribution is 0.673. The summed E-state index contributed by atoms with van der Waals surface area (Å²) in [7, 11) is 2.05. The van der Waals surface area contributed by atoms with Gasteiger partial charge in [-0.05, 0) is 31.5 Å². The summed E-state index contributed by atoms with van der Waals surface area (Å²) in [5.41, 5.74) is 2.32. The van der Waals surface area contributed by atoms with Crippen LogP contribution in [0.4, 0.5) is 5.82 Å². The molecule has 5 heteroatoms. The van der Waals surface area contributed by atoms with Crippen LogP contribution in [0.15, 0.2) is 23.7 Å². The summed E-state index contributed by atoms with van der Waals surface area (Å²) in [5, 5.41) is 6.60. The number of aromatic nitrogens is 2. The number of aryl methyl sites for hydroxylation is 1. The van der Waals surface area contributed by atoms with E-state index >= 15 is 0 Å². The van der Waals surface area contributed by atoms with E-state index in [0.29, 0.717) is 0 Å². The molecule has 20 heavy (non-hydrogen) atoms. The minimum atomic E-state index is 0.796. The number of anilines is 1. The molecule has 4 nitrogen and oxygen atoms in total. The van der Waals surface area contributed by atoms with Gasteiger partial charge in [-0.2, -0.15) is 0 Å². The lowest BCUT2D eigenvalue weighted by Crippen LogP contribution is -2.18. The smallest absolute Gasteiger partial charge is 0.128 e. The zero-order valence-electron chi connectivity index (χ0n) is 12.4. The van der Waals surface area contributed by atoms with Crippen LogP contribution in [0.3, 0.4) is 0 Å². The predicted molar refractivity (Wildman–Crippen MR) is 85.2 cm³/mol. The second-order valence-corrected chi connectivity index (χ2v) is 5.98. The Balaban J connectivity index is 1.91. The van der Waals surface area contributed by atoms with Gasteiger partial charge in [-0.1, -0.05) is 13.0 Å². The van der Waals surface area contributed by atoms with E-state index in [0.717, 1.165) is 42.6 Å². The summed E-state index contributed by atoms with van der Waals surface area (Å²) in [5.74, 6) is 0.981. The molecule has 0 aliphatic carbocycles. The van der Waals surface area contributed by atoms with Crippen molar-refractivity contribution in [2.45, 2.75) is 33.4 Å². The molecule has 0 atom stereocenters. The molecule has 1 N–H and O–H groups in total. The van der Waals surface area contributed by atoms with E-state index in [1.807, 2.05) is 20.2 Å². The highest BCUT2D eigenvalue weighted by atomic mass is 32.1. The molecule has 0 radical (unpaired) electrons. The minimum Gasteiger partial charge on any atom is -0.354 e. The predicted octanol–water partition coefficient (Wildman–Crippen LogP) is 2.98. The van der Waals surface area contributed by atoms with Gasteiger partial charge in [-0.25, -0.2) is 9.97 Å². The Kier molecular flexibility index (Phi) is 5.49. The van der Waals surface area contributed by atoms with Crippen molar-refractivity contribution in [1.29, 1.82) is 0 Å². The highest BCUT2D eigenvalue weighted by molar-refractivity contribution is 7.09. The summed E-state index contributed by atoms with van der Waals surface area (Å²) < 4.78 is 0. The van der Waals surface area contributed by atoms with Crippen molar-refractivity contribution in [3.05, 3.63) is 40.0 Å². The van der Waals surface area contributed by atoms with Gasteiger partial charge in [0.05, 0.1) is 17.2 Å². The average Bonchev–Trinajstić information content (AvgIpc) is 2.85. The second-order valence-electron chi connectivity index (χ2n) is 4.92. The fraction of sp³-hybridized carbons (Fsp3) is 0.467. The molecular weight excluding hydrogens is 268 g/mol. The normalized spacial score (nSPS) is 10.8. The van der Waals surface area contributed by atoms with Crippen LogP contribution in [0, 0.1) is 6.92 Å². The summed E-state index contributed by atoms with van der Waals surface area (Å²) >= 11 is 1.69. The van der Waals surface area contributed by atoms with Crippen LogP contribution in [0.25, 0.3) is 0 Å². The Morgan fingerprint density at radius 3 is 2.80 bits per heavy atom. The van der Waals surface area contributed by atoms with E-state index in [4.69, 9.17) is 0 Å². The number of nitrogens with one attached hydrogen (secondary N) is 1. The van der Waals surface area contributed by atoms with E-state index in [2.05, 4.69) is 44.6 Å². The number of pyridine rings is 1. The van der Waals surface area contributed by atoms with E-state index in [1.165, 1.54) is 5.56 Å². The van der Waals surface area contributed by atoms with Gasteiger partial charge in [0.15, 0.2) is 0 Å². The molecule has 0 saturated heterocycles. The van der Waals surface area contributed by atoms with Crippen molar-refractivity contribution in [2.75, 3.05) is 18.5 Å². The molecule has 0 saturated carbocycles. The molecule has 108 valence electrons. The molecular formula is C15H22N4S. The third kappa shape index (κ3) is 4.28. The zero-order valence-corrected chi connectivity index (χ0v) is 13.2. The third-order valence-corrected chi connectivity index (χ3v) is 3.84. The fourth-order valence-corrected chi connectivity index (χ4v) is 2.57. The van der Waals surface area contributed by atoms with Crippen LogP contribution in [0.1, 0.15) is 29.6 Å². The molecule has 2 aromatic rings. The highest BCUT2D eigenvalue weighted by Crippen LogP contribution is 2.15. The second kappa shape index (κ2) is 7.36. The highest BCUT2D eigenvalue weighted by Gasteiger charge is 2.06. The van der Waals surface area contributed by atoms with Crippen LogP contribution in [-0.2, 0) is 13.1 Å². The van der Waals surface area contributed by atoms with E-state index in [1.54, 1.807) is 11.3 Å². The van der Waals surface area contributed by atoms with Crippen molar-refractivity contribution >= 4 is 17.2 Å². The Morgan fingerprint density at radius 1 is 1.35 bits per heavy atom. The standard InChI is InChI=1S/C15H22N4S/c1-4-7-16-8-13-5-6-15(17-9-13)19(3)10-14-11-20-12(2)18-14/h5-6,9,11,16H,4,7-8,10H2,1-3H3. The van der Waals surface area contributed by atoms with Gasteiger partial charge in [0.2, 0.25) is 0 Å². The van der Waals surface area contributed by atoms with Gasteiger partial charge in [-0.3, -0.25) is 0 Å². The lowest BCUT2D eigenvalue weighted by Gasteiger charge is -2.17. The minimum absolute atomic E-state index is 0.796. The molecule has 2 heterocycles. The first-order chi connectivity index (χ1) is 9.69. The van der Waals surface area contributed by atoms with E-state index < -0.39 is 0 Å². The molecule has 2 aromatic heterocycles. The first-order valence-electron chi connectivity index (χ1n) is 6.97. The summed E-state index contributed by atoms with van der Waals surface area (Å²) in [6.45, 7) is 6.93. The van der Waals surface area contributed by atoms with Crippen LogP contribution < -0.4 is 10.2 Å². The average molecular weight is 290 g/mol. The van der Waals surface area contributed by atoms with E-state index in [-0.39, 0.29) is 0 Å². The topological polar surface area (TPSA) is 41.0 Å². The molecule has 0 aliphatic heterocycles. The Labute approximate surface area is 124 Å². The maximum Gasteiger partial charge on any atom is 0.128 e. The Morgan fingerprint density at radius 2 is 2.20 bits per heavy atom. The van der Waals surface area contributed by atoms with Gasteiger partial charge >= 0.3 is 0 Å². The summed E-state index contributed by atoms with van der Waals surface area (Å²) in [4.78, 5) is 11.1. The Bertz CT molecular complexity index is 521. The number of thiazole rings is 1. The SMILES string of the molecule is CCCNCc1ccc(N(C)Cc2csc(C)n2)nc1. The lowest BCUT2D eigenvalue weighted by atomic mass is 10.2. The van der Waals surface area contributed by atoms with Gasteiger partial charge in [0.25, 0.3) is 0 Å². The summed E-state index contributed by atoms with van der Waals surface area (Å²) in [6, 6.07) is 4.20. The van der Waals surface area contributed by atoms with Crippen LogP contribution in [-0.4, -0.2) is 23.6 Å². The van der Waals surface area contributed by atoms with Crippen molar-refractivity contribution in [1.82, 2.24) is 15.3 Å². The molecule has 0 amide bonds. The summed E-state index contributed by atoms with van der Waals surface area (Å²) in [6.07, 6.45) is 3.10. The molecule has 2 rings (SSSR count). The van der Waals surface area contributed by atoms with E-state index in [9.17, 15) is 0 Å². The zero-order chi connectivity index (χ0) is 14.4. The van der Waals surface area contributed by atoms with Crippen LogP contribution in [0.2, 0.25) is 0 Å². The van der Waals surface area contributed by atoms with Gasteiger partial charge in [-0.15, -0.1) is 11.3 Å².